The van der Waals surface area contributed by atoms with E-state index in [-0.39, 0.29) is 19.3 Å². The number of carbonyl (C=O) groups excluding carboxylic acids is 2. The van der Waals surface area contributed by atoms with Gasteiger partial charge in [-0.05, 0) is 12.5 Å². The van der Waals surface area contributed by atoms with Gasteiger partial charge in [0.1, 0.15) is 6.04 Å². The maximum absolute atomic E-state index is 11.6. The molecule has 0 saturated heterocycles. The van der Waals surface area contributed by atoms with E-state index in [1.807, 2.05) is 0 Å². The van der Waals surface area contributed by atoms with Crippen LogP contribution in [0, 0.1) is 0 Å². The number of rotatable bonds is 8. The molecule has 1 unspecified atom stereocenters. The third kappa shape index (κ3) is 5.51. The molecule has 1 atom stereocenters. The number of ether oxygens (including phenoxy) is 1. The number of aromatic nitrogens is 2. The van der Waals surface area contributed by atoms with E-state index in [2.05, 4.69) is 15.2 Å². The Morgan fingerprint density at radius 2 is 2.15 bits per heavy atom. The standard InChI is InChI=1S/C12H17N3O5/c1-20-11(17)4-3-9(12(18)19)14-10(16)5-8-15-7-2-6-13-15/h2,6-7,9H,3-5,8H2,1H3,(H,14,16)(H,18,19). The van der Waals surface area contributed by atoms with Crippen molar-refractivity contribution in [1.29, 1.82) is 0 Å². The maximum atomic E-state index is 11.6. The van der Waals surface area contributed by atoms with Crippen molar-refractivity contribution in [2.75, 3.05) is 7.11 Å². The van der Waals surface area contributed by atoms with Crippen molar-refractivity contribution in [3.63, 3.8) is 0 Å². The van der Waals surface area contributed by atoms with Gasteiger partial charge in [0.05, 0.1) is 7.11 Å². The summed E-state index contributed by atoms with van der Waals surface area (Å²) in [6.07, 6.45) is 3.35. The summed E-state index contributed by atoms with van der Waals surface area (Å²) in [7, 11) is 1.22. The van der Waals surface area contributed by atoms with Crippen molar-refractivity contribution in [3.05, 3.63) is 18.5 Å². The number of amides is 1. The quantitative estimate of drug-likeness (QED) is 0.639. The van der Waals surface area contributed by atoms with E-state index in [0.717, 1.165) is 0 Å². The summed E-state index contributed by atoms with van der Waals surface area (Å²) in [5.41, 5.74) is 0. The highest BCUT2D eigenvalue weighted by Gasteiger charge is 2.21. The highest BCUT2D eigenvalue weighted by atomic mass is 16.5. The van der Waals surface area contributed by atoms with Gasteiger partial charge in [0.15, 0.2) is 0 Å². The second-order valence-electron chi connectivity index (χ2n) is 4.09. The number of hydrogen-bond donors (Lipinski definition) is 2. The lowest BCUT2D eigenvalue weighted by Gasteiger charge is -2.13. The topological polar surface area (TPSA) is 111 Å². The van der Waals surface area contributed by atoms with Gasteiger partial charge in [-0.2, -0.15) is 5.10 Å². The molecule has 1 aromatic heterocycles. The van der Waals surface area contributed by atoms with Gasteiger partial charge in [0.25, 0.3) is 0 Å². The normalized spacial score (nSPS) is 11.7. The smallest absolute Gasteiger partial charge is 0.326 e. The Hall–Kier alpha value is -2.38. The predicted octanol–water partition coefficient (Wildman–Crippen LogP) is -0.204. The number of esters is 1. The second kappa shape index (κ2) is 7.93. The van der Waals surface area contributed by atoms with Gasteiger partial charge in [-0.15, -0.1) is 0 Å². The van der Waals surface area contributed by atoms with E-state index in [4.69, 9.17) is 5.11 Å². The van der Waals surface area contributed by atoms with Gasteiger partial charge in [0, 0.05) is 31.8 Å². The Morgan fingerprint density at radius 3 is 2.70 bits per heavy atom. The number of aliphatic carboxylic acids is 1. The Balaban J connectivity index is 2.38. The zero-order valence-electron chi connectivity index (χ0n) is 11.1. The number of methoxy groups -OCH3 is 1. The first kappa shape index (κ1) is 15.7. The number of nitrogens with zero attached hydrogens (tertiary/aromatic N) is 2. The molecular weight excluding hydrogens is 266 g/mol. The van der Waals surface area contributed by atoms with Crippen LogP contribution in [0.3, 0.4) is 0 Å². The predicted molar refractivity (Wildman–Crippen MR) is 67.7 cm³/mol. The van der Waals surface area contributed by atoms with Crippen LogP contribution in [0.25, 0.3) is 0 Å². The number of aryl methyl sites for hydroxylation is 1. The lowest BCUT2D eigenvalue weighted by molar-refractivity contribution is -0.144. The first-order chi connectivity index (χ1) is 9.52. The van der Waals surface area contributed by atoms with Gasteiger partial charge in [-0.25, -0.2) is 4.79 Å². The summed E-state index contributed by atoms with van der Waals surface area (Å²) >= 11 is 0. The molecule has 0 bridgehead atoms. The molecule has 0 aliphatic carbocycles. The van der Waals surface area contributed by atoms with Gasteiger partial charge in [-0.1, -0.05) is 0 Å². The van der Waals surface area contributed by atoms with Crippen LogP contribution in [-0.2, 0) is 25.7 Å². The van der Waals surface area contributed by atoms with Crippen LogP contribution in [-0.4, -0.2) is 45.9 Å². The third-order valence-corrected chi connectivity index (χ3v) is 2.63. The van der Waals surface area contributed by atoms with E-state index in [1.165, 1.54) is 7.11 Å². The minimum atomic E-state index is -1.18. The molecule has 0 saturated carbocycles. The summed E-state index contributed by atoms with van der Waals surface area (Å²) in [5, 5.41) is 15.3. The third-order valence-electron chi connectivity index (χ3n) is 2.63. The summed E-state index contributed by atoms with van der Waals surface area (Å²) < 4.78 is 6.00. The number of nitrogens with one attached hydrogen (secondary N) is 1. The maximum Gasteiger partial charge on any atom is 0.326 e. The zero-order valence-corrected chi connectivity index (χ0v) is 11.1. The van der Waals surface area contributed by atoms with Gasteiger partial charge >= 0.3 is 11.9 Å². The molecule has 0 aliphatic rings. The lowest BCUT2D eigenvalue weighted by Crippen LogP contribution is -2.41. The van der Waals surface area contributed by atoms with Crippen molar-refractivity contribution < 1.29 is 24.2 Å². The van der Waals surface area contributed by atoms with Crippen molar-refractivity contribution in [1.82, 2.24) is 15.1 Å². The fraction of sp³-hybridized carbons (Fsp3) is 0.500. The average molecular weight is 283 g/mol. The molecule has 1 heterocycles. The highest BCUT2D eigenvalue weighted by molar-refractivity contribution is 5.83. The number of carboxylic acids is 1. The van der Waals surface area contributed by atoms with Crippen molar-refractivity contribution in [2.24, 2.45) is 0 Å². The molecule has 2 N–H and O–H groups in total. The van der Waals surface area contributed by atoms with E-state index in [9.17, 15) is 14.4 Å². The van der Waals surface area contributed by atoms with Crippen molar-refractivity contribution in [3.8, 4) is 0 Å². The fourth-order valence-corrected chi connectivity index (χ4v) is 1.54. The van der Waals surface area contributed by atoms with Crippen LogP contribution in [0.5, 0.6) is 0 Å². The van der Waals surface area contributed by atoms with E-state index >= 15 is 0 Å². The van der Waals surface area contributed by atoms with Crippen LogP contribution < -0.4 is 5.32 Å². The van der Waals surface area contributed by atoms with Crippen LogP contribution in [0.15, 0.2) is 18.5 Å². The van der Waals surface area contributed by atoms with Crippen LogP contribution in [0.1, 0.15) is 19.3 Å². The first-order valence-corrected chi connectivity index (χ1v) is 6.09. The van der Waals surface area contributed by atoms with Crippen LogP contribution in [0.4, 0.5) is 0 Å². The average Bonchev–Trinajstić information content (AvgIpc) is 2.93. The monoisotopic (exact) mass is 283 g/mol. The largest absolute Gasteiger partial charge is 0.480 e. The van der Waals surface area contributed by atoms with E-state index in [1.54, 1.807) is 23.1 Å². The molecule has 8 heteroatoms. The SMILES string of the molecule is COC(=O)CCC(NC(=O)CCn1cccn1)C(=O)O. The second-order valence-corrected chi connectivity index (χ2v) is 4.09. The molecule has 110 valence electrons. The number of carbonyl (C=O) groups is 3. The minimum absolute atomic E-state index is 0.00445. The molecule has 0 radical (unpaired) electrons. The van der Waals surface area contributed by atoms with Gasteiger partial charge in [-0.3, -0.25) is 14.3 Å². The lowest BCUT2D eigenvalue weighted by atomic mass is 10.1. The van der Waals surface area contributed by atoms with Crippen molar-refractivity contribution in [2.45, 2.75) is 31.8 Å². The zero-order chi connectivity index (χ0) is 15.0. The molecule has 8 nitrogen and oxygen atoms in total. The molecule has 0 spiro atoms. The molecule has 1 amide bonds. The minimum Gasteiger partial charge on any atom is -0.480 e. The summed E-state index contributed by atoms with van der Waals surface area (Å²) in [4.78, 5) is 33.6. The van der Waals surface area contributed by atoms with Gasteiger partial charge in [0.2, 0.25) is 5.91 Å². The molecule has 0 aromatic carbocycles. The van der Waals surface area contributed by atoms with Crippen LogP contribution >= 0.6 is 0 Å². The molecule has 0 fully saturated rings. The Kier molecular flexibility index (Phi) is 6.21. The summed E-state index contributed by atoms with van der Waals surface area (Å²) in [6, 6.07) is 0.633. The highest BCUT2D eigenvalue weighted by Crippen LogP contribution is 2.01. The first-order valence-electron chi connectivity index (χ1n) is 6.09. The molecule has 20 heavy (non-hydrogen) atoms. The molecule has 0 aliphatic heterocycles. The molecule has 1 aromatic rings. The van der Waals surface area contributed by atoms with E-state index in [0.29, 0.717) is 6.54 Å². The fourth-order valence-electron chi connectivity index (χ4n) is 1.54. The van der Waals surface area contributed by atoms with E-state index < -0.39 is 23.9 Å². The Morgan fingerprint density at radius 1 is 1.40 bits per heavy atom. The number of hydrogen-bond acceptors (Lipinski definition) is 5. The summed E-state index contributed by atoms with van der Waals surface area (Å²) in [5.74, 6) is -2.10. The number of carboxylic acid groups (broad SMARTS) is 1. The Bertz CT molecular complexity index is 458. The molecule has 1 rings (SSSR count). The van der Waals surface area contributed by atoms with Crippen LogP contribution in [0.2, 0.25) is 0 Å². The summed E-state index contributed by atoms with van der Waals surface area (Å²) in [6.45, 7) is 0.363. The Labute approximate surface area is 115 Å². The van der Waals surface area contributed by atoms with Gasteiger partial charge < -0.3 is 15.2 Å². The van der Waals surface area contributed by atoms with Crippen molar-refractivity contribution >= 4 is 17.8 Å². The molecular formula is C12H17N3O5.